The van der Waals surface area contributed by atoms with Gasteiger partial charge in [-0.1, -0.05) is 15.9 Å². The van der Waals surface area contributed by atoms with Gasteiger partial charge in [0.05, 0.1) is 5.69 Å². The van der Waals surface area contributed by atoms with Crippen LogP contribution in [0.15, 0.2) is 34.9 Å². The van der Waals surface area contributed by atoms with Gasteiger partial charge in [0.25, 0.3) is 0 Å². The third-order valence-corrected chi connectivity index (χ3v) is 3.13. The molecule has 1 heterocycles. The summed E-state index contributed by atoms with van der Waals surface area (Å²) in [6, 6.07) is 9.83. The van der Waals surface area contributed by atoms with E-state index in [1.54, 1.807) is 6.20 Å². The number of rotatable bonds is 2. The van der Waals surface area contributed by atoms with Crippen LogP contribution >= 0.6 is 15.9 Å². The lowest BCUT2D eigenvalue weighted by molar-refractivity contribution is 1.25. The molecule has 0 saturated heterocycles. The molecule has 0 fully saturated rings. The minimum absolute atomic E-state index is 0.402. The van der Waals surface area contributed by atoms with Crippen molar-refractivity contribution in [1.29, 1.82) is 5.26 Å². The molecule has 0 bridgehead atoms. The van der Waals surface area contributed by atoms with E-state index in [-0.39, 0.29) is 0 Å². The molecule has 1 N–H and O–H groups in total. The fraction of sp³-hybridized carbons (Fsp3) is 0.143. The molecule has 0 unspecified atom stereocenters. The van der Waals surface area contributed by atoms with Crippen LogP contribution in [0.1, 0.15) is 16.8 Å². The third-order valence-electron chi connectivity index (χ3n) is 2.67. The van der Waals surface area contributed by atoms with Crippen LogP contribution in [0.3, 0.4) is 0 Å². The lowest BCUT2D eigenvalue weighted by Gasteiger charge is -2.13. The second kappa shape index (κ2) is 5.19. The van der Waals surface area contributed by atoms with E-state index in [4.69, 9.17) is 5.26 Å². The van der Waals surface area contributed by atoms with Gasteiger partial charge in [-0.2, -0.15) is 5.26 Å². The van der Waals surface area contributed by atoms with Gasteiger partial charge in [0, 0.05) is 16.4 Å². The number of nitrogens with one attached hydrogen (secondary N) is 1. The van der Waals surface area contributed by atoms with Gasteiger partial charge in [-0.3, -0.25) is 0 Å². The highest BCUT2D eigenvalue weighted by Crippen LogP contribution is 2.28. The molecule has 2 aromatic rings. The molecule has 90 valence electrons. The zero-order valence-electron chi connectivity index (χ0n) is 10.2. The first-order valence-electron chi connectivity index (χ1n) is 5.50. The van der Waals surface area contributed by atoms with Crippen LogP contribution in [0.2, 0.25) is 0 Å². The van der Waals surface area contributed by atoms with Crippen LogP contribution in [0.5, 0.6) is 0 Å². The Balaban J connectivity index is 2.44. The molecule has 2 rings (SSSR count). The molecule has 0 saturated carbocycles. The topological polar surface area (TPSA) is 48.7 Å². The van der Waals surface area contributed by atoms with Crippen LogP contribution in [0.4, 0.5) is 11.4 Å². The Morgan fingerprint density at radius 1 is 1.28 bits per heavy atom. The Morgan fingerprint density at radius 3 is 2.56 bits per heavy atom. The summed E-state index contributed by atoms with van der Waals surface area (Å²) < 4.78 is 1.05. The molecule has 1 aromatic carbocycles. The number of anilines is 2. The summed E-state index contributed by atoms with van der Waals surface area (Å²) in [6.45, 7) is 4.06. The van der Waals surface area contributed by atoms with E-state index in [0.717, 1.165) is 27.0 Å². The molecule has 0 aliphatic rings. The summed E-state index contributed by atoms with van der Waals surface area (Å²) >= 11 is 3.47. The van der Waals surface area contributed by atoms with E-state index in [1.165, 1.54) is 0 Å². The van der Waals surface area contributed by atoms with Crippen molar-refractivity contribution in [3.8, 4) is 6.07 Å². The van der Waals surface area contributed by atoms with Gasteiger partial charge in [0.1, 0.15) is 6.07 Å². The Kier molecular flexibility index (Phi) is 3.63. The number of aryl methyl sites for hydroxylation is 2. The zero-order valence-corrected chi connectivity index (χ0v) is 11.7. The molecule has 3 nitrogen and oxygen atoms in total. The van der Waals surface area contributed by atoms with E-state index < -0.39 is 0 Å². The lowest BCUT2D eigenvalue weighted by Crippen LogP contribution is -1.99. The first kappa shape index (κ1) is 12.6. The van der Waals surface area contributed by atoms with Gasteiger partial charge < -0.3 is 5.32 Å². The van der Waals surface area contributed by atoms with Crippen LogP contribution in [-0.2, 0) is 0 Å². The van der Waals surface area contributed by atoms with Crippen molar-refractivity contribution < 1.29 is 0 Å². The quantitative estimate of drug-likeness (QED) is 0.909. The minimum Gasteiger partial charge on any atom is -0.353 e. The minimum atomic E-state index is 0.402. The summed E-state index contributed by atoms with van der Waals surface area (Å²) in [5, 5.41) is 12.3. The fourth-order valence-corrected chi connectivity index (χ4v) is 2.52. The van der Waals surface area contributed by atoms with Gasteiger partial charge >= 0.3 is 0 Å². The summed E-state index contributed by atoms with van der Waals surface area (Å²) in [5.74, 6) is 0. The van der Waals surface area contributed by atoms with Crippen molar-refractivity contribution in [3.05, 3.63) is 51.8 Å². The highest BCUT2D eigenvalue weighted by molar-refractivity contribution is 9.10. The first-order chi connectivity index (χ1) is 8.61. The second-order valence-corrected chi connectivity index (χ2v) is 4.97. The molecular weight excluding hydrogens is 290 g/mol. The molecule has 0 amide bonds. The zero-order chi connectivity index (χ0) is 13.1. The lowest BCUT2D eigenvalue weighted by atomic mass is 10.1. The van der Waals surface area contributed by atoms with Crippen LogP contribution in [0.25, 0.3) is 0 Å². The monoisotopic (exact) mass is 301 g/mol. The number of pyridine rings is 1. The maximum absolute atomic E-state index is 9.02. The molecule has 0 aliphatic heterocycles. The Bertz CT molecular complexity index is 606. The van der Waals surface area contributed by atoms with Gasteiger partial charge in [0.2, 0.25) is 0 Å². The smallest absolute Gasteiger partial charge is 0.163 e. The van der Waals surface area contributed by atoms with Crippen molar-refractivity contribution in [1.82, 2.24) is 4.98 Å². The highest BCUT2D eigenvalue weighted by atomic mass is 79.9. The maximum atomic E-state index is 9.02. The van der Waals surface area contributed by atoms with Gasteiger partial charge in [-0.25, -0.2) is 4.98 Å². The number of benzene rings is 1. The summed E-state index contributed by atoms with van der Waals surface area (Å²) in [6.07, 6.45) is 1.62. The Morgan fingerprint density at radius 2 is 1.94 bits per heavy atom. The van der Waals surface area contributed by atoms with Gasteiger partial charge in [0.15, 0.2) is 5.69 Å². The molecule has 0 spiro atoms. The molecule has 0 atom stereocenters. The SMILES string of the molecule is Cc1cc(Br)cc(C)c1Nc1cccnc1C#N. The number of aromatic nitrogens is 1. The number of nitriles is 1. The largest absolute Gasteiger partial charge is 0.353 e. The highest BCUT2D eigenvalue weighted by Gasteiger charge is 2.07. The second-order valence-electron chi connectivity index (χ2n) is 4.05. The van der Waals surface area contributed by atoms with Crippen LogP contribution < -0.4 is 5.32 Å². The number of hydrogen-bond acceptors (Lipinski definition) is 3. The summed E-state index contributed by atoms with van der Waals surface area (Å²) in [7, 11) is 0. The molecule has 1 aromatic heterocycles. The van der Waals surface area contributed by atoms with E-state index in [9.17, 15) is 0 Å². The average Bonchev–Trinajstić information content (AvgIpc) is 2.34. The van der Waals surface area contributed by atoms with Crippen molar-refractivity contribution in [2.24, 2.45) is 0 Å². The van der Waals surface area contributed by atoms with E-state index in [1.807, 2.05) is 38.1 Å². The van der Waals surface area contributed by atoms with E-state index in [2.05, 4.69) is 32.3 Å². The Hall–Kier alpha value is -1.86. The normalized spacial score (nSPS) is 9.89. The van der Waals surface area contributed by atoms with Crippen LogP contribution in [-0.4, -0.2) is 4.98 Å². The fourth-order valence-electron chi connectivity index (χ4n) is 1.84. The summed E-state index contributed by atoms with van der Waals surface area (Å²) in [5.41, 5.74) is 4.39. The third kappa shape index (κ3) is 2.52. The van der Waals surface area contributed by atoms with Crippen molar-refractivity contribution in [2.45, 2.75) is 13.8 Å². The molecule has 18 heavy (non-hydrogen) atoms. The van der Waals surface area contributed by atoms with Gasteiger partial charge in [-0.15, -0.1) is 0 Å². The maximum Gasteiger partial charge on any atom is 0.163 e. The van der Waals surface area contributed by atoms with Gasteiger partial charge in [-0.05, 0) is 49.2 Å². The molecule has 4 heteroatoms. The molecular formula is C14H12BrN3. The average molecular weight is 302 g/mol. The number of hydrogen-bond donors (Lipinski definition) is 1. The molecule has 0 aliphatic carbocycles. The molecule has 0 radical (unpaired) electrons. The van der Waals surface area contributed by atoms with Crippen molar-refractivity contribution in [3.63, 3.8) is 0 Å². The van der Waals surface area contributed by atoms with E-state index >= 15 is 0 Å². The van der Waals surface area contributed by atoms with Crippen LogP contribution in [0, 0.1) is 25.2 Å². The predicted molar refractivity (Wildman–Crippen MR) is 75.9 cm³/mol. The van der Waals surface area contributed by atoms with Crippen molar-refractivity contribution >= 4 is 27.3 Å². The standard InChI is InChI=1S/C14H12BrN3/c1-9-6-11(15)7-10(2)14(9)18-12-4-3-5-17-13(12)8-16/h3-7,18H,1-2H3. The summed E-state index contributed by atoms with van der Waals surface area (Å²) in [4.78, 5) is 4.04. The number of halogens is 1. The number of nitrogens with zero attached hydrogens (tertiary/aromatic N) is 2. The predicted octanol–water partition coefficient (Wildman–Crippen LogP) is 4.08. The first-order valence-corrected chi connectivity index (χ1v) is 6.30. The van der Waals surface area contributed by atoms with E-state index in [0.29, 0.717) is 5.69 Å². The Labute approximate surface area is 115 Å². The van der Waals surface area contributed by atoms with Crippen molar-refractivity contribution in [2.75, 3.05) is 5.32 Å².